The highest BCUT2D eigenvalue weighted by atomic mass is 32.1. The van der Waals surface area contributed by atoms with Crippen molar-refractivity contribution in [2.45, 2.75) is 26.3 Å². The Bertz CT molecular complexity index is 765. The summed E-state index contributed by atoms with van der Waals surface area (Å²) in [7, 11) is 0. The van der Waals surface area contributed by atoms with Crippen LogP contribution in [0.4, 0.5) is 11.5 Å². The van der Waals surface area contributed by atoms with Crippen LogP contribution in [0, 0.1) is 0 Å². The Morgan fingerprint density at radius 3 is 2.61 bits per heavy atom. The van der Waals surface area contributed by atoms with Gasteiger partial charge in [-0.15, -0.1) is 11.3 Å². The summed E-state index contributed by atoms with van der Waals surface area (Å²) < 4.78 is 0. The van der Waals surface area contributed by atoms with E-state index in [1.54, 1.807) is 11.3 Å². The zero-order valence-corrected chi connectivity index (χ0v) is 14.7. The number of anilines is 2. The van der Waals surface area contributed by atoms with Crippen molar-refractivity contribution in [1.82, 2.24) is 4.98 Å². The molecule has 3 aromatic rings. The van der Waals surface area contributed by atoms with Gasteiger partial charge in [-0.1, -0.05) is 30.3 Å². The Hall–Kier alpha value is -2.07. The maximum atomic E-state index is 4.31. The number of nitrogens with zero attached hydrogens (tertiary/aromatic N) is 2. The van der Waals surface area contributed by atoms with Crippen LogP contribution in [0.25, 0.3) is 10.8 Å². The summed E-state index contributed by atoms with van der Waals surface area (Å²) in [5, 5.41) is 8.06. The van der Waals surface area contributed by atoms with E-state index in [-0.39, 0.29) is 5.54 Å². The van der Waals surface area contributed by atoms with Crippen molar-refractivity contribution in [2.75, 3.05) is 23.3 Å². The van der Waals surface area contributed by atoms with Crippen LogP contribution in [0.2, 0.25) is 0 Å². The predicted octanol–water partition coefficient (Wildman–Crippen LogP) is 5.01. The van der Waals surface area contributed by atoms with Crippen molar-refractivity contribution in [3.05, 3.63) is 53.4 Å². The first-order chi connectivity index (χ1) is 11.1. The maximum absolute atomic E-state index is 4.31. The molecule has 0 unspecified atom stereocenters. The van der Waals surface area contributed by atoms with E-state index in [9.17, 15) is 0 Å². The highest BCUT2D eigenvalue weighted by Crippen LogP contribution is 2.28. The molecule has 1 N–H and O–H groups in total. The molecule has 0 fully saturated rings. The molecular formula is C19H23N3S. The van der Waals surface area contributed by atoms with Gasteiger partial charge in [-0.05, 0) is 43.7 Å². The first-order valence-corrected chi connectivity index (χ1v) is 8.93. The first kappa shape index (κ1) is 15.8. The third-order valence-electron chi connectivity index (χ3n) is 4.23. The zero-order valence-electron chi connectivity index (χ0n) is 13.9. The number of hydrogen-bond donors (Lipinski definition) is 1. The van der Waals surface area contributed by atoms with Crippen LogP contribution in [-0.4, -0.2) is 23.6 Å². The molecule has 4 heteroatoms. The molecule has 0 aliphatic heterocycles. The predicted molar refractivity (Wildman–Crippen MR) is 102 cm³/mol. The molecule has 0 atom stereocenters. The molecule has 0 aliphatic rings. The standard InChI is InChI=1S/C19H23N3S/c1-4-22(19(2,3)13-20-18-12-23-14-21-18)17-10-9-15-7-5-6-8-16(15)11-17/h5-12,14,20H,4,13H2,1-3H3. The van der Waals surface area contributed by atoms with Gasteiger partial charge in [-0.25, -0.2) is 4.98 Å². The summed E-state index contributed by atoms with van der Waals surface area (Å²) in [6.45, 7) is 8.55. The minimum Gasteiger partial charge on any atom is -0.367 e. The SMILES string of the molecule is CCN(c1ccc2ccccc2c1)C(C)(C)CNc1cscn1. The van der Waals surface area contributed by atoms with Gasteiger partial charge < -0.3 is 10.2 Å². The molecule has 3 nitrogen and oxygen atoms in total. The molecule has 1 heterocycles. The number of rotatable bonds is 6. The maximum Gasteiger partial charge on any atom is 0.137 e. The second-order valence-corrected chi connectivity index (χ2v) is 7.03. The van der Waals surface area contributed by atoms with E-state index in [0.717, 1.165) is 18.9 Å². The van der Waals surface area contributed by atoms with E-state index in [0.29, 0.717) is 0 Å². The van der Waals surface area contributed by atoms with Gasteiger partial charge in [0.25, 0.3) is 0 Å². The molecule has 120 valence electrons. The average molecular weight is 325 g/mol. The molecule has 0 aliphatic carbocycles. The van der Waals surface area contributed by atoms with Gasteiger partial charge in [0.2, 0.25) is 0 Å². The third-order valence-corrected chi connectivity index (χ3v) is 4.81. The smallest absolute Gasteiger partial charge is 0.137 e. The van der Waals surface area contributed by atoms with Crippen molar-refractivity contribution in [2.24, 2.45) is 0 Å². The second-order valence-electron chi connectivity index (χ2n) is 6.32. The van der Waals surface area contributed by atoms with Crippen molar-refractivity contribution in [1.29, 1.82) is 0 Å². The van der Waals surface area contributed by atoms with Crippen LogP contribution >= 0.6 is 11.3 Å². The number of aromatic nitrogens is 1. The largest absolute Gasteiger partial charge is 0.367 e. The number of nitrogens with one attached hydrogen (secondary N) is 1. The van der Waals surface area contributed by atoms with E-state index in [1.165, 1.54) is 16.5 Å². The molecule has 23 heavy (non-hydrogen) atoms. The molecule has 2 aromatic carbocycles. The molecule has 0 amide bonds. The second kappa shape index (κ2) is 6.59. The quantitative estimate of drug-likeness (QED) is 0.690. The molecule has 0 spiro atoms. The van der Waals surface area contributed by atoms with Gasteiger partial charge >= 0.3 is 0 Å². The average Bonchev–Trinajstić information content (AvgIpc) is 3.07. The van der Waals surface area contributed by atoms with Gasteiger partial charge in [0.15, 0.2) is 0 Å². The summed E-state index contributed by atoms with van der Waals surface area (Å²) in [4.78, 5) is 6.75. The summed E-state index contributed by atoms with van der Waals surface area (Å²) in [5.41, 5.74) is 3.10. The fourth-order valence-corrected chi connectivity index (χ4v) is 3.52. The summed E-state index contributed by atoms with van der Waals surface area (Å²) in [6, 6.07) is 15.2. The van der Waals surface area contributed by atoms with Gasteiger partial charge in [0.05, 0.1) is 11.0 Å². The Kier molecular flexibility index (Phi) is 4.53. The molecule has 0 saturated carbocycles. The lowest BCUT2D eigenvalue weighted by molar-refractivity contribution is 0.490. The van der Waals surface area contributed by atoms with E-state index in [4.69, 9.17) is 0 Å². The van der Waals surface area contributed by atoms with Gasteiger partial charge in [0, 0.05) is 24.2 Å². The summed E-state index contributed by atoms with van der Waals surface area (Å²) in [6.07, 6.45) is 0. The van der Waals surface area contributed by atoms with E-state index < -0.39 is 0 Å². The lowest BCUT2D eigenvalue weighted by Crippen LogP contribution is -2.49. The highest BCUT2D eigenvalue weighted by Gasteiger charge is 2.26. The van der Waals surface area contributed by atoms with Gasteiger partial charge in [-0.2, -0.15) is 0 Å². The van der Waals surface area contributed by atoms with Crippen LogP contribution in [0.3, 0.4) is 0 Å². The molecule has 0 bridgehead atoms. The van der Waals surface area contributed by atoms with Crippen molar-refractivity contribution < 1.29 is 0 Å². The molecule has 0 radical (unpaired) electrons. The Balaban J connectivity index is 1.83. The van der Waals surface area contributed by atoms with Crippen molar-refractivity contribution in [3.8, 4) is 0 Å². The van der Waals surface area contributed by atoms with Crippen molar-refractivity contribution in [3.63, 3.8) is 0 Å². The lowest BCUT2D eigenvalue weighted by Gasteiger charge is -2.40. The monoisotopic (exact) mass is 325 g/mol. The fraction of sp³-hybridized carbons (Fsp3) is 0.316. The minimum absolute atomic E-state index is 0.0131. The molecule has 1 aromatic heterocycles. The van der Waals surface area contributed by atoms with Crippen LogP contribution in [0.15, 0.2) is 53.4 Å². The normalized spacial score (nSPS) is 11.6. The molecule has 0 saturated heterocycles. The van der Waals surface area contributed by atoms with Gasteiger partial charge in [0.1, 0.15) is 5.82 Å². The molecular weight excluding hydrogens is 302 g/mol. The number of likely N-dealkylation sites (N-methyl/N-ethyl adjacent to an activating group) is 1. The number of hydrogen-bond acceptors (Lipinski definition) is 4. The van der Waals surface area contributed by atoms with E-state index in [2.05, 4.69) is 78.4 Å². The lowest BCUT2D eigenvalue weighted by atomic mass is 10.0. The number of fused-ring (bicyclic) bond motifs is 1. The number of benzene rings is 2. The highest BCUT2D eigenvalue weighted by molar-refractivity contribution is 7.07. The summed E-state index contributed by atoms with van der Waals surface area (Å²) >= 11 is 1.61. The Labute approximate surface area is 142 Å². The summed E-state index contributed by atoms with van der Waals surface area (Å²) in [5.74, 6) is 0.956. The Morgan fingerprint density at radius 2 is 1.91 bits per heavy atom. The van der Waals surface area contributed by atoms with E-state index >= 15 is 0 Å². The van der Waals surface area contributed by atoms with Crippen LogP contribution in [0.1, 0.15) is 20.8 Å². The van der Waals surface area contributed by atoms with Crippen LogP contribution < -0.4 is 10.2 Å². The van der Waals surface area contributed by atoms with Crippen LogP contribution in [0.5, 0.6) is 0 Å². The van der Waals surface area contributed by atoms with Gasteiger partial charge in [-0.3, -0.25) is 0 Å². The molecule has 3 rings (SSSR count). The fourth-order valence-electron chi connectivity index (χ4n) is 3.01. The number of thiazole rings is 1. The van der Waals surface area contributed by atoms with Crippen LogP contribution in [-0.2, 0) is 0 Å². The topological polar surface area (TPSA) is 28.2 Å². The zero-order chi connectivity index (χ0) is 16.3. The van der Waals surface area contributed by atoms with Crippen molar-refractivity contribution >= 4 is 33.6 Å². The minimum atomic E-state index is -0.0131. The van der Waals surface area contributed by atoms with E-state index in [1.807, 2.05) is 10.9 Å². The Morgan fingerprint density at radius 1 is 1.13 bits per heavy atom. The third kappa shape index (κ3) is 3.48. The first-order valence-electron chi connectivity index (χ1n) is 7.98.